The lowest BCUT2D eigenvalue weighted by Crippen LogP contribution is -2.14. The molecule has 0 amide bonds. The van der Waals surface area contributed by atoms with E-state index < -0.39 is 21.8 Å². The van der Waals surface area contributed by atoms with Crippen molar-refractivity contribution in [3.63, 3.8) is 0 Å². The van der Waals surface area contributed by atoms with Crippen LogP contribution in [0.15, 0.2) is 103 Å². The zero-order valence-corrected chi connectivity index (χ0v) is 19.3. The van der Waals surface area contributed by atoms with E-state index in [9.17, 15) is 21.6 Å². The van der Waals surface area contributed by atoms with Gasteiger partial charge in [-0.2, -0.15) is 13.2 Å². The van der Waals surface area contributed by atoms with Crippen LogP contribution in [0, 0.1) is 0 Å². The summed E-state index contributed by atoms with van der Waals surface area (Å²) in [5.41, 5.74) is 3.42. The lowest BCUT2D eigenvalue weighted by Gasteiger charge is -2.12. The lowest BCUT2D eigenvalue weighted by atomic mass is 9.98. The molecular weight excluding hydrogens is 489 g/mol. The van der Waals surface area contributed by atoms with Crippen molar-refractivity contribution < 1.29 is 21.6 Å². The summed E-state index contributed by atoms with van der Waals surface area (Å²) in [5.74, 6) is 0. The number of alkyl halides is 3. The van der Waals surface area contributed by atoms with Gasteiger partial charge in [-0.1, -0.05) is 6.07 Å². The largest absolute Gasteiger partial charge is 0.416 e. The molecule has 180 valence electrons. The first-order valence-corrected chi connectivity index (χ1v) is 12.1. The van der Waals surface area contributed by atoms with Gasteiger partial charge < -0.3 is 0 Å². The smallest absolute Gasteiger partial charge is 0.278 e. The SMILES string of the molecule is O=S(=O)(Nc1cncc(-c2ccc3nccc(-c4ccncc4)c3c2)c1)c1ccc(C(F)(F)F)cc1. The zero-order valence-electron chi connectivity index (χ0n) is 18.4. The lowest BCUT2D eigenvalue weighted by molar-refractivity contribution is -0.137. The first-order valence-electron chi connectivity index (χ1n) is 10.7. The standard InChI is InChI=1S/C26H17F3N4O2S/c27-26(28,29)20-2-4-22(5-3-20)36(34,35)33-21-13-19(15-31-16-21)18-1-6-25-24(14-18)23(9-12-32-25)17-7-10-30-11-8-17/h1-16,33H. The predicted octanol–water partition coefficient (Wildman–Crippen LogP) is 6.18. The number of nitrogens with zero attached hydrogens (tertiary/aromatic N) is 3. The molecule has 0 bridgehead atoms. The molecule has 6 nitrogen and oxygen atoms in total. The van der Waals surface area contributed by atoms with Crippen molar-refractivity contribution in [3.05, 3.63) is 103 Å². The number of sulfonamides is 1. The maximum atomic E-state index is 12.8. The number of nitrogens with one attached hydrogen (secondary N) is 1. The van der Waals surface area contributed by atoms with E-state index in [1.165, 1.54) is 6.20 Å². The molecule has 1 N–H and O–H groups in total. The quantitative estimate of drug-likeness (QED) is 0.308. The van der Waals surface area contributed by atoms with Gasteiger partial charge in [-0.3, -0.25) is 19.7 Å². The van der Waals surface area contributed by atoms with Crippen LogP contribution >= 0.6 is 0 Å². The van der Waals surface area contributed by atoms with Gasteiger partial charge in [0.25, 0.3) is 10.0 Å². The predicted molar refractivity (Wildman–Crippen MR) is 130 cm³/mol. The fraction of sp³-hybridized carbons (Fsp3) is 0.0385. The first kappa shape index (κ1) is 23.4. The highest BCUT2D eigenvalue weighted by molar-refractivity contribution is 7.92. The minimum Gasteiger partial charge on any atom is -0.278 e. The highest BCUT2D eigenvalue weighted by atomic mass is 32.2. The van der Waals surface area contributed by atoms with E-state index >= 15 is 0 Å². The van der Waals surface area contributed by atoms with Crippen molar-refractivity contribution in [3.8, 4) is 22.3 Å². The number of rotatable bonds is 5. The Bertz CT molecular complexity index is 1660. The Kier molecular flexibility index (Phi) is 5.89. The molecule has 0 saturated heterocycles. The highest BCUT2D eigenvalue weighted by Crippen LogP contribution is 2.32. The average Bonchev–Trinajstić information content (AvgIpc) is 2.88. The highest BCUT2D eigenvalue weighted by Gasteiger charge is 2.30. The molecule has 0 unspecified atom stereocenters. The van der Waals surface area contributed by atoms with Crippen molar-refractivity contribution >= 4 is 26.6 Å². The minimum absolute atomic E-state index is 0.174. The zero-order chi connectivity index (χ0) is 25.3. The molecular formula is C26H17F3N4O2S. The van der Waals surface area contributed by atoms with Crippen LogP contribution in [0.4, 0.5) is 18.9 Å². The van der Waals surface area contributed by atoms with Crippen LogP contribution < -0.4 is 4.72 Å². The molecule has 0 aliphatic rings. The Hall–Kier alpha value is -4.31. The summed E-state index contributed by atoms with van der Waals surface area (Å²) in [4.78, 5) is 12.3. The second kappa shape index (κ2) is 9.04. The molecule has 0 fully saturated rings. The van der Waals surface area contributed by atoms with E-state index in [4.69, 9.17) is 0 Å². The van der Waals surface area contributed by atoms with Gasteiger partial charge in [0, 0.05) is 35.7 Å². The Morgan fingerprint density at radius 1 is 0.722 bits per heavy atom. The molecule has 5 aromatic rings. The van der Waals surface area contributed by atoms with Crippen molar-refractivity contribution in [2.75, 3.05) is 4.72 Å². The van der Waals surface area contributed by atoms with Crippen molar-refractivity contribution in [2.24, 2.45) is 0 Å². The number of aromatic nitrogens is 3. The third-order valence-corrected chi connectivity index (χ3v) is 6.95. The monoisotopic (exact) mass is 506 g/mol. The van der Waals surface area contributed by atoms with Crippen LogP contribution in [0.3, 0.4) is 0 Å². The topological polar surface area (TPSA) is 84.8 Å². The molecule has 10 heteroatoms. The third-order valence-electron chi connectivity index (χ3n) is 5.55. The molecule has 0 radical (unpaired) electrons. The van der Waals surface area contributed by atoms with E-state index in [1.807, 2.05) is 36.4 Å². The molecule has 0 atom stereocenters. The molecule has 2 aromatic carbocycles. The second-order valence-corrected chi connectivity index (χ2v) is 9.60. The minimum atomic E-state index is -4.55. The maximum Gasteiger partial charge on any atom is 0.416 e. The molecule has 0 spiro atoms. The number of hydrogen-bond acceptors (Lipinski definition) is 5. The fourth-order valence-electron chi connectivity index (χ4n) is 3.80. The van der Waals surface area contributed by atoms with Crippen LogP contribution in [0.1, 0.15) is 5.56 Å². The van der Waals surface area contributed by atoms with Gasteiger partial charge >= 0.3 is 6.18 Å². The van der Waals surface area contributed by atoms with Gasteiger partial charge in [-0.25, -0.2) is 8.42 Å². The molecule has 5 rings (SSSR count). The number of hydrogen-bond donors (Lipinski definition) is 1. The maximum absolute atomic E-state index is 12.8. The summed E-state index contributed by atoms with van der Waals surface area (Å²) >= 11 is 0. The van der Waals surface area contributed by atoms with Crippen molar-refractivity contribution in [1.29, 1.82) is 0 Å². The molecule has 0 aliphatic heterocycles. The van der Waals surface area contributed by atoms with E-state index in [0.717, 1.165) is 51.9 Å². The van der Waals surface area contributed by atoms with Gasteiger partial charge in [-0.05, 0) is 77.4 Å². The summed E-state index contributed by atoms with van der Waals surface area (Å²) in [7, 11) is -4.13. The second-order valence-electron chi connectivity index (χ2n) is 7.92. The summed E-state index contributed by atoms with van der Waals surface area (Å²) in [5, 5.41) is 0.900. The number of pyridine rings is 3. The van der Waals surface area contributed by atoms with E-state index in [1.54, 1.807) is 30.9 Å². The Labute approximate surface area is 204 Å². The van der Waals surface area contributed by atoms with Crippen LogP contribution in [-0.4, -0.2) is 23.4 Å². The summed E-state index contributed by atoms with van der Waals surface area (Å²) in [6.07, 6.45) is 3.52. The van der Waals surface area contributed by atoms with Crippen molar-refractivity contribution in [2.45, 2.75) is 11.1 Å². The Balaban J connectivity index is 1.47. The van der Waals surface area contributed by atoms with Gasteiger partial charge in [0.2, 0.25) is 0 Å². The third kappa shape index (κ3) is 4.76. The van der Waals surface area contributed by atoms with Crippen LogP contribution in [-0.2, 0) is 16.2 Å². The molecule has 0 aliphatic carbocycles. The van der Waals surface area contributed by atoms with Crippen LogP contribution in [0.5, 0.6) is 0 Å². The van der Waals surface area contributed by atoms with Crippen LogP contribution in [0.25, 0.3) is 33.2 Å². The number of benzene rings is 2. The van der Waals surface area contributed by atoms with Gasteiger partial charge in [0.15, 0.2) is 0 Å². The van der Waals surface area contributed by atoms with Crippen LogP contribution in [0.2, 0.25) is 0 Å². The van der Waals surface area contributed by atoms with E-state index in [2.05, 4.69) is 19.7 Å². The van der Waals surface area contributed by atoms with Gasteiger partial charge in [0.05, 0.1) is 27.9 Å². The summed E-state index contributed by atoms with van der Waals surface area (Å²) in [6.45, 7) is 0. The number of anilines is 1. The first-order chi connectivity index (χ1) is 17.2. The average molecular weight is 507 g/mol. The van der Waals surface area contributed by atoms with E-state index in [-0.39, 0.29) is 10.6 Å². The van der Waals surface area contributed by atoms with Crippen molar-refractivity contribution in [1.82, 2.24) is 15.0 Å². The normalized spacial score (nSPS) is 12.0. The summed E-state index contributed by atoms with van der Waals surface area (Å²) in [6, 6.07) is 16.3. The molecule has 3 heterocycles. The summed E-state index contributed by atoms with van der Waals surface area (Å²) < 4.78 is 66.3. The molecule has 36 heavy (non-hydrogen) atoms. The molecule has 3 aromatic heterocycles. The fourth-order valence-corrected chi connectivity index (χ4v) is 4.83. The van der Waals surface area contributed by atoms with E-state index in [0.29, 0.717) is 5.56 Å². The Morgan fingerprint density at radius 2 is 1.47 bits per heavy atom. The molecule has 0 saturated carbocycles. The van der Waals surface area contributed by atoms with Gasteiger partial charge in [0.1, 0.15) is 0 Å². The number of fused-ring (bicyclic) bond motifs is 1. The Morgan fingerprint density at radius 3 is 2.19 bits per heavy atom. The number of halogens is 3. The van der Waals surface area contributed by atoms with Gasteiger partial charge in [-0.15, -0.1) is 0 Å².